The number of aromatic nitrogens is 2. The van der Waals surface area contributed by atoms with Crippen LogP contribution in [0.5, 0.6) is 0 Å². The average molecular weight is 373 g/mol. The summed E-state index contributed by atoms with van der Waals surface area (Å²) in [6, 6.07) is 18.9. The van der Waals surface area contributed by atoms with Crippen molar-refractivity contribution in [2.75, 3.05) is 5.32 Å². The largest absolute Gasteiger partial charge is 0.350 e. The maximum absolute atomic E-state index is 13.3. The molecule has 1 amide bonds. The summed E-state index contributed by atoms with van der Waals surface area (Å²) >= 11 is 0. The predicted molar refractivity (Wildman–Crippen MR) is 103 cm³/mol. The van der Waals surface area contributed by atoms with Crippen molar-refractivity contribution in [2.45, 2.75) is 6.42 Å². The zero-order chi connectivity index (χ0) is 19.3. The van der Waals surface area contributed by atoms with Gasteiger partial charge in [0, 0.05) is 29.7 Å². The number of nitrogens with zero attached hydrogens (tertiary/aromatic N) is 2. The summed E-state index contributed by atoms with van der Waals surface area (Å²) in [6.45, 7) is 0. The summed E-state index contributed by atoms with van der Waals surface area (Å²) in [7, 11) is 0. The molecule has 0 saturated heterocycles. The molecule has 0 aliphatic heterocycles. The van der Waals surface area contributed by atoms with Crippen molar-refractivity contribution in [1.29, 1.82) is 0 Å². The highest BCUT2D eigenvalue weighted by molar-refractivity contribution is 6.02. The molecule has 0 unspecified atom stereocenters. The smallest absolute Gasteiger partial charge is 0.294 e. The first-order valence-corrected chi connectivity index (χ1v) is 8.69. The van der Waals surface area contributed by atoms with Crippen LogP contribution in [0, 0.1) is 5.82 Å². The minimum atomic E-state index is -0.419. The molecule has 28 heavy (non-hydrogen) atoms. The lowest BCUT2D eigenvalue weighted by Gasteiger charge is -2.05. The second-order valence-electron chi connectivity index (χ2n) is 6.27. The standard InChI is InChI=1S/C22H16FN3O2/c23-18-3-1-2-17(13-18)20-14-21(28-26-20)22(27)25-19-6-4-15(5-7-19)12-16-8-10-24-11-9-16/h1-11,13-14H,12H2,(H,25,27). The molecule has 4 rings (SSSR count). The van der Waals surface area contributed by atoms with E-state index in [0.717, 1.165) is 12.0 Å². The molecule has 0 fully saturated rings. The van der Waals surface area contributed by atoms with Gasteiger partial charge in [-0.15, -0.1) is 0 Å². The second-order valence-corrected chi connectivity index (χ2v) is 6.27. The summed E-state index contributed by atoms with van der Waals surface area (Å²) in [5.41, 5.74) is 3.88. The fourth-order valence-electron chi connectivity index (χ4n) is 2.80. The molecule has 0 bridgehead atoms. The van der Waals surface area contributed by atoms with Crippen molar-refractivity contribution < 1.29 is 13.7 Å². The first kappa shape index (κ1) is 17.6. The van der Waals surface area contributed by atoms with E-state index >= 15 is 0 Å². The molecule has 2 heterocycles. The maximum Gasteiger partial charge on any atom is 0.294 e. The summed E-state index contributed by atoms with van der Waals surface area (Å²) in [5, 5.41) is 6.61. The van der Waals surface area contributed by atoms with Gasteiger partial charge in [-0.25, -0.2) is 4.39 Å². The third-order valence-electron chi connectivity index (χ3n) is 4.22. The summed E-state index contributed by atoms with van der Waals surface area (Å²) in [5.74, 6) is -0.740. The van der Waals surface area contributed by atoms with Crippen molar-refractivity contribution >= 4 is 11.6 Å². The first-order valence-electron chi connectivity index (χ1n) is 8.69. The monoisotopic (exact) mass is 373 g/mol. The lowest BCUT2D eigenvalue weighted by atomic mass is 10.1. The Hall–Kier alpha value is -3.80. The third-order valence-corrected chi connectivity index (χ3v) is 4.22. The van der Waals surface area contributed by atoms with Gasteiger partial charge < -0.3 is 9.84 Å². The zero-order valence-corrected chi connectivity index (χ0v) is 14.8. The van der Waals surface area contributed by atoms with Gasteiger partial charge in [-0.3, -0.25) is 9.78 Å². The highest BCUT2D eigenvalue weighted by Crippen LogP contribution is 2.21. The number of amides is 1. The molecule has 0 atom stereocenters. The minimum Gasteiger partial charge on any atom is -0.350 e. The second kappa shape index (κ2) is 7.84. The van der Waals surface area contributed by atoms with Crippen molar-refractivity contribution in [2.24, 2.45) is 0 Å². The van der Waals surface area contributed by atoms with Crippen LogP contribution < -0.4 is 5.32 Å². The Morgan fingerprint density at radius 3 is 2.46 bits per heavy atom. The molecule has 5 nitrogen and oxygen atoms in total. The number of hydrogen-bond donors (Lipinski definition) is 1. The molecule has 6 heteroatoms. The van der Waals surface area contributed by atoms with Crippen LogP contribution in [0.1, 0.15) is 21.7 Å². The Kier molecular flexibility index (Phi) is 4.93. The minimum absolute atomic E-state index is 0.0557. The highest BCUT2D eigenvalue weighted by Gasteiger charge is 2.14. The van der Waals surface area contributed by atoms with Crippen molar-refractivity contribution in [1.82, 2.24) is 10.1 Å². The van der Waals surface area contributed by atoms with E-state index < -0.39 is 5.91 Å². The van der Waals surface area contributed by atoms with Crippen LogP contribution in [0.2, 0.25) is 0 Å². The van der Waals surface area contributed by atoms with Crippen LogP contribution >= 0.6 is 0 Å². The first-order chi connectivity index (χ1) is 13.7. The van der Waals surface area contributed by atoms with Crippen molar-refractivity contribution in [3.8, 4) is 11.3 Å². The number of carbonyl (C=O) groups excluding carboxylic acids is 1. The summed E-state index contributed by atoms with van der Waals surface area (Å²) in [4.78, 5) is 16.4. The Labute approximate surface area is 160 Å². The molecule has 0 saturated carbocycles. The maximum atomic E-state index is 13.3. The number of anilines is 1. The van der Waals surface area contributed by atoms with Crippen molar-refractivity contribution in [3.05, 3.63) is 102 Å². The fourth-order valence-corrected chi connectivity index (χ4v) is 2.80. The predicted octanol–water partition coefficient (Wildman–Crippen LogP) is 4.72. The van der Waals surface area contributed by atoms with Crippen LogP contribution in [-0.4, -0.2) is 16.0 Å². The van der Waals surface area contributed by atoms with Gasteiger partial charge in [-0.1, -0.05) is 29.4 Å². The van der Waals surface area contributed by atoms with E-state index in [0.29, 0.717) is 16.9 Å². The van der Waals surface area contributed by atoms with Crippen LogP contribution in [0.25, 0.3) is 11.3 Å². The number of pyridine rings is 1. The number of nitrogens with one attached hydrogen (secondary N) is 1. The molecule has 2 aromatic heterocycles. The average Bonchev–Trinajstić information content (AvgIpc) is 3.21. The molecule has 0 aliphatic carbocycles. The zero-order valence-electron chi connectivity index (χ0n) is 14.8. The van der Waals surface area contributed by atoms with Gasteiger partial charge >= 0.3 is 0 Å². The van der Waals surface area contributed by atoms with E-state index in [4.69, 9.17) is 4.52 Å². The highest BCUT2D eigenvalue weighted by atomic mass is 19.1. The lowest BCUT2D eigenvalue weighted by molar-refractivity contribution is 0.0988. The van der Waals surface area contributed by atoms with E-state index in [2.05, 4.69) is 15.5 Å². The van der Waals surface area contributed by atoms with E-state index in [1.807, 2.05) is 36.4 Å². The Morgan fingerprint density at radius 2 is 1.71 bits per heavy atom. The van der Waals surface area contributed by atoms with Gasteiger partial charge in [0.25, 0.3) is 5.91 Å². The third kappa shape index (κ3) is 4.12. The van der Waals surface area contributed by atoms with Gasteiger partial charge in [0.05, 0.1) is 0 Å². The van der Waals surface area contributed by atoms with Gasteiger partial charge in [0.15, 0.2) is 0 Å². The lowest BCUT2D eigenvalue weighted by Crippen LogP contribution is -2.10. The SMILES string of the molecule is O=C(Nc1ccc(Cc2ccncc2)cc1)c1cc(-c2cccc(F)c2)no1. The Bertz CT molecular complexity index is 1090. The van der Waals surface area contributed by atoms with Gasteiger partial charge in [-0.2, -0.15) is 0 Å². The normalized spacial score (nSPS) is 10.6. The molecular formula is C22H16FN3O2. The molecule has 0 radical (unpaired) electrons. The van der Waals surface area contributed by atoms with Crippen molar-refractivity contribution in [3.63, 3.8) is 0 Å². The van der Waals surface area contributed by atoms with Crippen LogP contribution in [0.15, 0.2) is 83.6 Å². The van der Waals surface area contributed by atoms with E-state index in [1.54, 1.807) is 24.5 Å². The summed E-state index contributed by atoms with van der Waals surface area (Å²) in [6.07, 6.45) is 4.31. The topological polar surface area (TPSA) is 68.0 Å². The number of halogens is 1. The van der Waals surface area contributed by atoms with Gasteiger partial charge in [0.1, 0.15) is 11.5 Å². The van der Waals surface area contributed by atoms with E-state index in [9.17, 15) is 9.18 Å². The molecular weight excluding hydrogens is 357 g/mol. The van der Waals surface area contributed by atoms with E-state index in [1.165, 1.54) is 23.8 Å². The number of hydrogen-bond acceptors (Lipinski definition) is 4. The Morgan fingerprint density at radius 1 is 0.964 bits per heavy atom. The molecule has 138 valence electrons. The molecule has 0 spiro atoms. The number of benzene rings is 2. The Balaban J connectivity index is 1.42. The quantitative estimate of drug-likeness (QED) is 0.550. The molecule has 2 aromatic carbocycles. The van der Waals surface area contributed by atoms with E-state index in [-0.39, 0.29) is 11.6 Å². The summed E-state index contributed by atoms with van der Waals surface area (Å²) < 4.78 is 18.4. The van der Waals surface area contributed by atoms with Crippen LogP contribution in [-0.2, 0) is 6.42 Å². The van der Waals surface area contributed by atoms with Crippen LogP contribution in [0.3, 0.4) is 0 Å². The number of rotatable bonds is 5. The molecule has 1 N–H and O–H groups in total. The number of carbonyl (C=O) groups is 1. The van der Waals surface area contributed by atoms with Crippen LogP contribution in [0.4, 0.5) is 10.1 Å². The van der Waals surface area contributed by atoms with Gasteiger partial charge in [0.2, 0.25) is 5.76 Å². The fraction of sp³-hybridized carbons (Fsp3) is 0.0455. The van der Waals surface area contributed by atoms with Gasteiger partial charge in [-0.05, 0) is 53.9 Å². The molecule has 4 aromatic rings. The molecule has 0 aliphatic rings.